The third kappa shape index (κ3) is 2.77. The maximum absolute atomic E-state index is 4.00. The van der Waals surface area contributed by atoms with Crippen LogP contribution in [0.4, 0.5) is 0 Å². The molecule has 0 aliphatic heterocycles. The highest BCUT2D eigenvalue weighted by Gasteiger charge is 2.12. The Morgan fingerprint density at radius 2 is 2.07 bits per heavy atom. The molecule has 1 unspecified atom stereocenters. The number of nitrogens with one attached hydrogen (secondary N) is 1. The number of hydrogen-bond donors (Lipinski definition) is 1. The maximum atomic E-state index is 4.00. The monoisotopic (exact) mass is 197 g/mol. The van der Waals surface area contributed by atoms with Crippen molar-refractivity contribution in [3.05, 3.63) is 5.82 Å². The number of aromatic nitrogens is 4. The molecule has 0 aliphatic carbocycles. The zero-order valence-corrected chi connectivity index (χ0v) is 9.36. The predicted molar refractivity (Wildman–Crippen MR) is 54.7 cm³/mol. The fraction of sp³-hybridized carbons (Fsp3) is 0.889. The second-order valence-electron chi connectivity index (χ2n) is 3.88. The molecule has 1 N–H and O–H groups in total. The minimum absolute atomic E-state index is 0.215. The van der Waals surface area contributed by atoms with Crippen molar-refractivity contribution in [3.63, 3.8) is 0 Å². The summed E-state index contributed by atoms with van der Waals surface area (Å²) in [4.78, 5) is 0. The molecule has 0 spiro atoms. The minimum atomic E-state index is 0.215. The van der Waals surface area contributed by atoms with Crippen LogP contribution >= 0.6 is 0 Å². The largest absolute Gasteiger partial charge is 0.307 e. The van der Waals surface area contributed by atoms with E-state index < -0.39 is 0 Å². The van der Waals surface area contributed by atoms with Gasteiger partial charge in [-0.3, -0.25) is 0 Å². The van der Waals surface area contributed by atoms with E-state index in [0.717, 1.165) is 18.9 Å². The van der Waals surface area contributed by atoms with Crippen molar-refractivity contribution < 1.29 is 0 Å². The van der Waals surface area contributed by atoms with Gasteiger partial charge in [-0.05, 0) is 36.7 Å². The van der Waals surface area contributed by atoms with E-state index in [1.54, 1.807) is 0 Å². The minimum Gasteiger partial charge on any atom is -0.307 e. The molecule has 5 nitrogen and oxygen atoms in total. The first kappa shape index (κ1) is 11.1. The van der Waals surface area contributed by atoms with Gasteiger partial charge in [-0.25, -0.2) is 4.68 Å². The second-order valence-corrected chi connectivity index (χ2v) is 3.88. The average molecular weight is 197 g/mol. The van der Waals surface area contributed by atoms with E-state index in [1.165, 1.54) is 0 Å². The van der Waals surface area contributed by atoms with Crippen molar-refractivity contribution in [2.24, 2.45) is 5.92 Å². The summed E-state index contributed by atoms with van der Waals surface area (Å²) in [5, 5.41) is 15.0. The molecule has 0 bridgehead atoms. The van der Waals surface area contributed by atoms with Gasteiger partial charge in [0.1, 0.15) is 0 Å². The summed E-state index contributed by atoms with van der Waals surface area (Å²) in [6.07, 6.45) is 0. The fourth-order valence-corrected chi connectivity index (χ4v) is 1.25. The summed E-state index contributed by atoms with van der Waals surface area (Å²) in [6.45, 7) is 10.3. The molecule has 0 aromatic carbocycles. The van der Waals surface area contributed by atoms with Crippen LogP contribution in [0.1, 0.15) is 39.6 Å². The quantitative estimate of drug-likeness (QED) is 0.765. The number of tetrazole rings is 1. The van der Waals surface area contributed by atoms with Crippen LogP contribution in [0.2, 0.25) is 0 Å². The number of nitrogens with zero attached hydrogens (tertiary/aromatic N) is 4. The van der Waals surface area contributed by atoms with Crippen molar-refractivity contribution in [2.75, 3.05) is 6.54 Å². The first-order valence-electron chi connectivity index (χ1n) is 5.14. The summed E-state index contributed by atoms with van der Waals surface area (Å²) < 4.78 is 1.82. The summed E-state index contributed by atoms with van der Waals surface area (Å²) >= 11 is 0. The van der Waals surface area contributed by atoms with Gasteiger partial charge >= 0.3 is 0 Å². The molecule has 1 rings (SSSR count). The number of rotatable bonds is 5. The van der Waals surface area contributed by atoms with Gasteiger partial charge in [0.15, 0.2) is 5.82 Å². The molecule has 14 heavy (non-hydrogen) atoms. The Kier molecular flexibility index (Phi) is 4.00. The van der Waals surface area contributed by atoms with Gasteiger partial charge in [-0.1, -0.05) is 13.8 Å². The van der Waals surface area contributed by atoms with Crippen LogP contribution in [0.5, 0.6) is 0 Å². The highest BCUT2D eigenvalue weighted by atomic mass is 15.5. The highest BCUT2D eigenvalue weighted by molar-refractivity contribution is 4.89. The summed E-state index contributed by atoms with van der Waals surface area (Å²) in [5.74, 6) is 1.55. The molecule has 0 fully saturated rings. The molecule has 0 aliphatic rings. The maximum Gasteiger partial charge on any atom is 0.167 e. The SMILES string of the molecule is CCn1nnnc1C(C)NCC(C)C. The molecule has 1 atom stereocenters. The van der Waals surface area contributed by atoms with Gasteiger partial charge in [-0.2, -0.15) is 0 Å². The topological polar surface area (TPSA) is 55.6 Å². The van der Waals surface area contributed by atoms with E-state index in [9.17, 15) is 0 Å². The van der Waals surface area contributed by atoms with E-state index >= 15 is 0 Å². The Labute approximate surface area is 84.9 Å². The summed E-state index contributed by atoms with van der Waals surface area (Å²) in [5.41, 5.74) is 0. The smallest absolute Gasteiger partial charge is 0.167 e. The van der Waals surface area contributed by atoms with Crippen LogP contribution in [0.15, 0.2) is 0 Å². The molecule has 0 saturated carbocycles. The summed E-state index contributed by atoms with van der Waals surface area (Å²) in [6, 6.07) is 0.215. The Balaban J connectivity index is 2.55. The molecule has 0 radical (unpaired) electrons. The molecule has 80 valence electrons. The first-order valence-corrected chi connectivity index (χ1v) is 5.14. The van der Waals surface area contributed by atoms with Crippen LogP contribution in [0, 0.1) is 5.92 Å². The molecular formula is C9H19N5. The Morgan fingerprint density at radius 1 is 1.36 bits per heavy atom. The molecule has 0 amide bonds. The van der Waals surface area contributed by atoms with E-state index in [2.05, 4.69) is 41.6 Å². The number of aryl methyl sites for hydroxylation is 1. The zero-order chi connectivity index (χ0) is 10.6. The van der Waals surface area contributed by atoms with Crippen LogP contribution in [0.3, 0.4) is 0 Å². The lowest BCUT2D eigenvalue weighted by atomic mass is 10.2. The predicted octanol–water partition coefficient (Wildman–Crippen LogP) is 1.000. The second kappa shape index (κ2) is 5.05. The molecule has 0 saturated heterocycles. The van der Waals surface area contributed by atoms with Gasteiger partial charge in [0.2, 0.25) is 0 Å². The number of hydrogen-bond acceptors (Lipinski definition) is 4. The Morgan fingerprint density at radius 3 is 2.64 bits per heavy atom. The van der Waals surface area contributed by atoms with Crippen molar-refractivity contribution in [2.45, 2.75) is 40.3 Å². The average Bonchev–Trinajstić information content (AvgIpc) is 2.61. The van der Waals surface area contributed by atoms with Crippen molar-refractivity contribution in [1.29, 1.82) is 0 Å². The Hall–Kier alpha value is -0.970. The van der Waals surface area contributed by atoms with E-state index in [4.69, 9.17) is 0 Å². The highest BCUT2D eigenvalue weighted by Crippen LogP contribution is 2.07. The normalized spacial score (nSPS) is 13.5. The van der Waals surface area contributed by atoms with Crippen molar-refractivity contribution in [3.8, 4) is 0 Å². The van der Waals surface area contributed by atoms with E-state index in [-0.39, 0.29) is 6.04 Å². The van der Waals surface area contributed by atoms with Crippen LogP contribution < -0.4 is 5.32 Å². The molecule has 1 heterocycles. The third-order valence-corrected chi connectivity index (χ3v) is 2.08. The zero-order valence-electron chi connectivity index (χ0n) is 9.36. The lowest BCUT2D eigenvalue weighted by Gasteiger charge is -2.14. The lowest BCUT2D eigenvalue weighted by Crippen LogP contribution is -2.25. The van der Waals surface area contributed by atoms with Gasteiger partial charge in [0, 0.05) is 6.54 Å². The van der Waals surface area contributed by atoms with Crippen LogP contribution in [-0.4, -0.2) is 26.8 Å². The van der Waals surface area contributed by atoms with Crippen molar-refractivity contribution >= 4 is 0 Å². The van der Waals surface area contributed by atoms with E-state index in [1.807, 2.05) is 11.6 Å². The van der Waals surface area contributed by atoms with Crippen LogP contribution in [-0.2, 0) is 6.54 Å². The van der Waals surface area contributed by atoms with Gasteiger partial charge < -0.3 is 5.32 Å². The summed E-state index contributed by atoms with van der Waals surface area (Å²) in [7, 11) is 0. The molecule has 1 aromatic heterocycles. The molecule has 5 heteroatoms. The van der Waals surface area contributed by atoms with Gasteiger partial charge in [0.05, 0.1) is 6.04 Å². The van der Waals surface area contributed by atoms with E-state index in [0.29, 0.717) is 5.92 Å². The molecule has 1 aromatic rings. The van der Waals surface area contributed by atoms with Gasteiger partial charge in [0.25, 0.3) is 0 Å². The first-order chi connectivity index (χ1) is 6.65. The fourth-order valence-electron chi connectivity index (χ4n) is 1.25. The standard InChI is InChI=1S/C9H19N5/c1-5-14-9(11-12-13-14)8(4)10-6-7(2)3/h7-8,10H,5-6H2,1-4H3. The molecular weight excluding hydrogens is 178 g/mol. The van der Waals surface area contributed by atoms with Crippen LogP contribution in [0.25, 0.3) is 0 Å². The lowest BCUT2D eigenvalue weighted by molar-refractivity contribution is 0.458. The van der Waals surface area contributed by atoms with Gasteiger partial charge in [-0.15, -0.1) is 5.10 Å². The third-order valence-electron chi connectivity index (χ3n) is 2.08. The van der Waals surface area contributed by atoms with Crippen molar-refractivity contribution in [1.82, 2.24) is 25.5 Å². The Bertz CT molecular complexity index is 268.